The number of hydrogen-bond acceptors (Lipinski definition) is 4. The van der Waals surface area contributed by atoms with Gasteiger partial charge in [0.2, 0.25) is 0 Å². The summed E-state index contributed by atoms with van der Waals surface area (Å²) in [6, 6.07) is 17.8. The van der Waals surface area contributed by atoms with Gasteiger partial charge in [-0.1, -0.05) is 35.9 Å². The highest BCUT2D eigenvalue weighted by atomic mass is 16.5. The number of hydrazone groups is 1. The number of amides is 1. The Morgan fingerprint density at radius 2 is 1.97 bits per heavy atom. The third-order valence-corrected chi connectivity index (χ3v) is 5.85. The summed E-state index contributed by atoms with van der Waals surface area (Å²) in [4.78, 5) is 13.0. The van der Waals surface area contributed by atoms with Gasteiger partial charge in [0.25, 0.3) is 5.91 Å². The molecule has 2 heterocycles. The Kier molecular flexibility index (Phi) is 4.87. The molecular weight excluding hydrogens is 376 g/mol. The van der Waals surface area contributed by atoms with Crippen LogP contribution in [0.2, 0.25) is 0 Å². The molecule has 0 saturated heterocycles. The van der Waals surface area contributed by atoms with E-state index in [1.807, 2.05) is 30.3 Å². The smallest absolute Gasteiger partial charge is 0.281 e. The van der Waals surface area contributed by atoms with E-state index in [-0.39, 0.29) is 18.6 Å². The van der Waals surface area contributed by atoms with E-state index >= 15 is 0 Å². The molecule has 5 heteroatoms. The number of carbonyl (C=O) groups excluding carboxylic acids is 1. The summed E-state index contributed by atoms with van der Waals surface area (Å²) in [5, 5.41) is 6.17. The van der Waals surface area contributed by atoms with Gasteiger partial charge in [-0.2, -0.15) is 5.10 Å². The molecule has 0 saturated carbocycles. The van der Waals surface area contributed by atoms with E-state index in [0.29, 0.717) is 6.42 Å². The van der Waals surface area contributed by atoms with Gasteiger partial charge in [0.1, 0.15) is 17.6 Å². The second kappa shape index (κ2) is 7.82. The number of furan rings is 1. The van der Waals surface area contributed by atoms with Gasteiger partial charge >= 0.3 is 0 Å². The molecule has 152 valence electrons. The van der Waals surface area contributed by atoms with Crippen molar-refractivity contribution in [3.63, 3.8) is 0 Å². The van der Waals surface area contributed by atoms with E-state index in [1.54, 1.807) is 6.26 Å². The molecule has 5 rings (SSSR count). The minimum Gasteiger partial charge on any atom is -0.484 e. The Labute approximate surface area is 176 Å². The number of benzene rings is 2. The molecule has 3 aromatic rings. The lowest BCUT2D eigenvalue weighted by Crippen LogP contribution is -2.31. The molecule has 1 aromatic heterocycles. The van der Waals surface area contributed by atoms with Crippen molar-refractivity contribution in [2.45, 2.75) is 38.6 Å². The lowest BCUT2D eigenvalue weighted by atomic mass is 10.0. The lowest BCUT2D eigenvalue weighted by Gasteiger charge is -2.20. The maximum Gasteiger partial charge on any atom is 0.281 e. The second-order valence-electron chi connectivity index (χ2n) is 7.96. The minimum absolute atomic E-state index is 0.0549. The molecular formula is C25H24N2O3. The molecule has 0 fully saturated rings. The van der Waals surface area contributed by atoms with Gasteiger partial charge in [-0.05, 0) is 67.1 Å². The largest absolute Gasteiger partial charge is 0.484 e. The van der Waals surface area contributed by atoms with Crippen LogP contribution in [0.5, 0.6) is 5.75 Å². The van der Waals surface area contributed by atoms with Crippen molar-refractivity contribution in [1.82, 2.24) is 5.01 Å². The lowest BCUT2D eigenvalue weighted by molar-refractivity contribution is -0.135. The maximum absolute atomic E-state index is 13.0. The predicted molar refractivity (Wildman–Crippen MR) is 115 cm³/mol. The van der Waals surface area contributed by atoms with Crippen LogP contribution in [-0.2, 0) is 17.6 Å². The van der Waals surface area contributed by atoms with E-state index in [0.717, 1.165) is 35.6 Å². The summed E-state index contributed by atoms with van der Waals surface area (Å²) in [6.07, 6.45) is 5.64. The van der Waals surface area contributed by atoms with Crippen molar-refractivity contribution in [2.75, 3.05) is 6.61 Å². The fraction of sp³-hybridized carbons (Fsp3) is 0.280. The van der Waals surface area contributed by atoms with Gasteiger partial charge in [-0.25, -0.2) is 5.01 Å². The van der Waals surface area contributed by atoms with Crippen LogP contribution in [0.15, 0.2) is 70.4 Å². The zero-order chi connectivity index (χ0) is 20.5. The standard InChI is InChI=1S/C25H24N2O3/c1-17-7-9-19(10-8-17)22-15-23(24-6-3-13-29-24)27(26-22)25(28)16-30-21-12-11-18-4-2-5-20(18)14-21/h3,6-14,23H,2,4-5,15-16H2,1H3/t23-/m1/s1. The summed E-state index contributed by atoms with van der Waals surface area (Å²) >= 11 is 0. The first-order valence-electron chi connectivity index (χ1n) is 10.4. The van der Waals surface area contributed by atoms with Gasteiger partial charge in [-0.15, -0.1) is 0 Å². The van der Waals surface area contributed by atoms with Crippen molar-refractivity contribution in [2.24, 2.45) is 5.10 Å². The van der Waals surface area contributed by atoms with Gasteiger partial charge < -0.3 is 9.15 Å². The van der Waals surface area contributed by atoms with Gasteiger partial charge in [-0.3, -0.25) is 4.79 Å². The Balaban J connectivity index is 1.35. The zero-order valence-corrected chi connectivity index (χ0v) is 17.0. The molecule has 1 aliphatic heterocycles. The molecule has 1 amide bonds. The summed E-state index contributed by atoms with van der Waals surface area (Å²) in [5.74, 6) is 1.28. The molecule has 0 bridgehead atoms. The van der Waals surface area contributed by atoms with Crippen LogP contribution in [0.3, 0.4) is 0 Å². The monoisotopic (exact) mass is 400 g/mol. The fourth-order valence-corrected chi connectivity index (χ4v) is 4.21. The fourth-order valence-electron chi connectivity index (χ4n) is 4.21. The SMILES string of the molecule is Cc1ccc(C2=NN(C(=O)COc3ccc4c(c3)CCC4)[C@@H](c3ccco3)C2)cc1. The van der Waals surface area contributed by atoms with Crippen LogP contribution >= 0.6 is 0 Å². The first-order chi connectivity index (χ1) is 14.7. The Morgan fingerprint density at radius 3 is 2.77 bits per heavy atom. The number of nitrogens with zero attached hydrogens (tertiary/aromatic N) is 2. The molecule has 2 aromatic carbocycles. The Hall–Kier alpha value is -3.34. The van der Waals surface area contributed by atoms with Crippen molar-refractivity contribution in [3.05, 3.63) is 88.9 Å². The van der Waals surface area contributed by atoms with E-state index in [2.05, 4.69) is 36.3 Å². The molecule has 5 nitrogen and oxygen atoms in total. The third kappa shape index (κ3) is 3.63. The van der Waals surface area contributed by atoms with E-state index in [9.17, 15) is 4.79 Å². The van der Waals surface area contributed by atoms with Crippen molar-refractivity contribution < 1.29 is 13.9 Å². The van der Waals surface area contributed by atoms with E-state index in [1.165, 1.54) is 28.1 Å². The number of hydrogen-bond donors (Lipinski definition) is 0. The highest BCUT2D eigenvalue weighted by Crippen LogP contribution is 2.33. The van der Waals surface area contributed by atoms with Crippen LogP contribution < -0.4 is 4.74 Å². The molecule has 0 spiro atoms. The van der Waals surface area contributed by atoms with Crippen LogP contribution in [0.1, 0.15) is 46.9 Å². The van der Waals surface area contributed by atoms with E-state index < -0.39 is 0 Å². The number of rotatable bonds is 5. The average Bonchev–Trinajstić information content (AvgIpc) is 3.52. The Morgan fingerprint density at radius 1 is 1.13 bits per heavy atom. The summed E-state index contributed by atoms with van der Waals surface area (Å²) in [5.41, 5.74) is 5.80. The molecule has 0 radical (unpaired) electrons. The number of fused-ring (bicyclic) bond motifs is 1. The predicted octanol–water partition coefficient (Wildman–Crippen LogP) is 4.83. The van der Waals surface area contributed by atoms with Crippen LogP contribution in [0.25, 0.3) is 0 Å². The van der Waals surface area contributed by atoms with Crippen LogP contribution in [0, 0.1) is 6.92 Å². The molecule has 2 aliphatic rings. The summed E-state index contributed by atoms with van der Waals surface area (Å²) < 4.78 is 11.4. The van der Waals surface area contributed by atoms with E-state index in [4.69, 9.17) is 9.15 Å². The topological polar surface area (TPSA) is 55.0 Å². The van der Waals surface area contributed by atoms with Crippen molar-refractivity contribution >= 4 is 11.6 Å². The maximum atomic E-state index is 13.0. The zero-order valence-electron chi connectivity index (χ0n) is 17.0. The minimum atomic E-state index is -0.257. The molecule has 30 heavy (non-hydrogen) atoms. The quantitative estimate of drug-likeness (QED) is 0.616. The van der Waals surface area contributed by atoms with Crippen molar-refractivity contribution in [3.8, 4) is 5.75 Å². The number of carbonyl (C=O) groups is 1. The first-order valence-corrected chi connectivity index (χ1v) is 10.4. The van der Waals surface area contributed by atoms with Gasteiger partial charge in [0.05, 0.1) is 12.0 Å². The van der Waals surface area contributed by atoms with Gasteiger partial charge in [0, 0.05) is 6.42 Å². The molecule has 0 unspecified atom stereocenters. The van der Waals surface area contributed by atoms with Crippen LogP contribution in [-0.4, -0.2) is 23.2 Å². The number of ether oxygens (including phenoxy) is 1. The average molecular weight is 400 g/mol. The highest BCUT2D eigenvalue weighted by molar-refractivity contribution is 6.03. The molecule has 1 aliphatic carbocycles. The van der Waals surface area contributed by atoms with Gasteiger partial charge in [0.15, 0.2) is 6.61 Å². The van der Waals surface area contributed by atoms with Crippen molar-refractivity contribution in [1.29, 1.82) is 0 Å². The second-order valence-corrected chi connectivity index (χ2v) is 7.96. The number of aryl methyl sites for hydroxylation is 3. The third-order valence-electron chi connectivity index (χ3n) is 5.85. The summed E-state index contributed by atoms with van der Waals surface area (Å²) in [7, 11) is 0. The highest BCUT2D eigenvalue weighted by Gasteiger charge is 2.35. The Bertz CT molecular complexity index is 1080. The summed E-state index contributed by atoms with van der Waals surface area (Å²) in [6.45, 7) is 2.00. The van der Waals surface area contributed by atoms with Crippen LogP contribution in [0.4, 0.5) is 0 Å². The normalized spacial score (nSPS) is 17.7. The molecule has 0 N–H and O–H groups in total. The first kappa shape index (κ1) is 18.7. The molecule has 1 atom stereocenters.